The Labute approximate surface area is 400 Å². The van der Waals surface area contributed by atoms with Gasteiger partial charge in [-0.2, -0.15) is 0 Å². The third-order valence-corrected chi connectivity index (χ3v) is 11.4. The number of aromatic nitrogens is 12. The van der Waals surface area contributed by atoms with Crippen LogP contribution in [0.15, 0.2) is 57.5 Å². The number of esters is 3. The SMILES string of the molecule is CCC(C(=O)OCC(O)Cn1c(=O)n(CC(O)COC(=O)C(CC)n2c(=O)n(C)c(=O)n(C)c2=O)c(=O)n(CC(O)COC(=O)C(CC)n2c(=O)n(C)c(=O)n(C)c2=O)c1=O)n1c(=O)n(C)c(=O)n(C)c1=O. The molecule has 0 saturated carbocycles. The van der Waals surface area contributed by atoms with Gasteiger partial charge < -0.3 is 29.5 Å². The van der Waals surface area contributed by atoms with Crippen molar-refractivity contribution in [3.8, 4) is 0 Å². The topological polar surface area (TPSA) is 404 Å². The summed E-state index contributed by atoms with van der Waals surface area (Å²) in [5.74, 6) is -3.84. The van der Waals surface area contributed by atoms with Crippen LogP contribution in [0, 0.1) is 0 Å². The Morgan fingerprint density at radius 1 is 0.347 bits per heavy atom. The van der Waals surface area contributed by atoms with Gasteiger partial charge in [-0.05, 0) is 19.3 Å². The fraction of sp³-hybridized carbons (Fsp3) is 0.615. The van der Waals surface area contributed by atoms with Crippen molar-refractivity contribution in [1.82, 2.24) is 54.8 Å². The highest BCUT2D eigenvalue weighted by Crippen LogP contribution is 2.12. The van der Waals surface area contributed by atoms with Gasteiger partial charge in [0.1, 0.15) is 56.3 Å². The molecule has 0 aromatic carbocycles. The number of carbonyl (C=O) groups excluding carboxylic acids is 3. The van der Waals surface area contributed by atoms with E-state index in [1.807, 2.05) is 0 Å². The molecule has 3 N–H and O–H groups in total. The first-order valence-corrected chi connectivity index (χ1v) is 21.7. The molecule has 4 rings (SSSR count). The molecule has 0 aliphatic heterocycles. The van der Waals surface area contributed by atoms with E-state index in [9.17, 15) is 87.2 Å². The monoisotopic (exact) mass is 1030 g/mol. The Balaban J connectivity index is 1.67. The van der Waals surface area contributed by atoms with E-state index in [1.54, 1.807) is 0 Å². The van der Waals surface area contributed by atoms with Crippen molar-refractivity contribution >= 4 is 17.9 Å². The first-order chi connectivity index (χ1) is 33.6. The number of hydrogen-bond donors (Lipinski definition) is 3. The molecule has 4 aromatic rings. The molecule has 6 unspecified atom stereocenters. The summed E-state index contributed by atoms with van der Waals surface area (Å²) in [6.07, 6.45) is -6.77. The first kappa shape index (κ1) is 56.5. The molecule has 0 amide bonds. The van der Waals surface area contributed by atoms with Crippen LogP contribution in [-0.4, -0.2) is 126 Å². The van der Waals surface area contributed by atoms with Gasteiger partial charge in [0.05, 0.1) is 19.6 Å². The second-order valence-corrected chi connectivity index (χ2v) is 16.3. The standard InChI is InChI=1S/C39H54N12O21/c1-10-22(49-31(61)40(4)28(58)41(5)32(49)62)25(55)70-16-19(52)13-46-37(67)47(14-20(53)17-71-26(56)23(11-2)50-33(63)42(6)29(59)43(7)34(50)64)39(69)48(38(46)68)15-21(54)18-72-27(57)24(12-3)51-35(65)44(8)30(60)45(9)36(51)66/h19-24,52-54H,10-18H2,1-9H3. The van der Waals surface area contributed by atoms with Gasteiger partial charge in [-0.1, -0.05) is 20.8 Å². The van der Waals surface area contributed by atoms with Crippen molar-refractivity contribution in [3.05, 3.63) is 126 Å². The summed E-state index contributed by atoms with van der Waals surface area (Å²) in [6.45, 7) is -2.30. The van der Waals surface area contributed by atoms with Gasteiger partial charge in [-0.25, -0.2) is 127 Å². The Hall–Kier alpha value is -8.07. The molecule has 4 heterocycles. The van der Waals surface area contributed by atoms with Crippen molar-refractivity contribution in [1.29, 1.82) is 0 Å². The molecule has 396 valence electrons. The van der Waals surface area contributed by atoms with Crippen LogP contribution in [0.3, 0.4) is 0 Å². The van der Waals surface area contributed by atoms with Gasteiger partial charge in [0, 0.05) is 42.3 Å². The maximum absolute atomic E-state index is 13.8. The van der Waals surface area contributed by atoms with Crippen LogP contribution in [0.2, 0.25) is 0 Å². The number of hydrogen-bond acceptors (Lipinski definition) is 21. The second-order valence-electron chi connectivity index (χ2n) is 16.3. The lowest BCUT2D eigenvalue weighted by Crippen LogP contribution is -2.57. The minimum Gasteiger partial charge on any atom is -0.461 e. The van der Waals surface area contributed by atoms with E-state index in [2.05, 4.69) is 0 Å². The number of aliphatic hydroxyl groups is 3. The average Bonchev–Trinajstić information content (AvgIpc) is 3.35. The summed E-state index contributed by atoms with van der Waals surface area (Å²) in [7, 11) is 6.28. The second kappa shape index (κ2) is 22.8. The van der Waals surface area contributed by atoms with Gasteiger partial charge in [0.15, 0.2) is 0 Å². The summed E-state index contributed by atoms with van der Waals surface area (Å²) < 4.78 is 20.6. The predicted molar refractivity (Wildman–Crippen MR) is 242 cm³/mol. The number of carbonyl (C=O) groups is 3. The van der Waals surface area contributed by atoms with Crippen molar-refractivity contribution < 1.29 is 43.9 Å². The number of nitrogens with zero attached hydrogens (tertiary/aromatic N) is 12. The van der Waals surface area contributed by atoms with Crippen molar-refractivity contribution in [3.63, 3.8) is 0 Å². The van der Waals surface area contributed by atoms with Gasteiger partial charge in [-0.15, -0.1) is 0 Å². The molecule has 0 aliphatic rings. The van der Waals surface area contributed by atoms with Crippen molar-refractivity contribution in [2.45, 2.75) is 96.1 Å². The summed E-state index contributed by atoms with van der Waals surface area (Å²) in [5, 5.41) is 32.9. The van der Waals surface area contributed by atoms with E-state index in [0.29, 0.717) is 41.1 Å². The fourth-order valence-corrected chi connectivity index (χ4v) is 7.31. The molecular formula is C39H54N12O21. The van der Waals surface area contributed by atoms with Crippen molar-refractivity contribution in [2.75, 3.05) is 19.8 Å². The third-order valence-electron chi connectivity index (χ3n) is 11.4. The highest BCUT2D eigenvalue weighted by molar-refractivity contribution is 5.75. The average molecular weight is 1030 g/mol. The lowest BCUT2D eigenvalue weighted by molar-refractivity contribution is -0.152. The van der Waals surface area contributed by atoms with Gasteiger partial charge >= 0.3 is 86.2 Å². The van der Waals surface area contributed by atoms with Crippen LogP contribution in [0.1, 0.15) is 58.2 Å². The Morgan fingerprint density at radius 2 is 0.528 bits per heavy atom. The molecule has 4 aromatic heterocycles. The summed E-state index contributed by atoms with van der Waals surface area (Å²) >= 11 is 0. The van der Waals surface area contributed by atoms with E-state index >= 15 is 0 Å². The quantitative estimate of drug-likeness (QED) is 0.0515. The van der Waals surface area contributed by atoms with Gasteiger partial charge in [0.2, 0.25) is 0 Å². The third kappa shape index (κ3) is 10.9. The van der Waals surface area contributed by atoms with E-state index < -0.39 is 162 Å². The smallest absolute Gasteiger partial charge is 0.336 e. The van der Waals surface area contributed by atoms with Crippen LogP contribution >= 0.6 is 0 Å². The van der Waals surface area contributed by atoms with Crippen LogP contribution in [-0.2, 0) is 90.5 Å². The highest BCUT2D eigenvalue weighted by Gasteiger charge is 2.31. The van der Waals surface area contributed by atoms with E-state index in [-0.39, 0.29) is 33.0 Å². The summed E-state index contributed by atoms with van der Waals surface area (Å²) in [6, 6.07) is -4.95. The lowest BCUT2D eigenvalue weighted by atomic mass is 10.2. The molecule has 0 radical (unpaired) electrons. The number of aliphatic hydroxyl groups excluding tert-OH is 3. The fourth-order valence-electron chi connectivity index (χ4n) is 7.31. The van der Waals surface area contributed by atoms with Gasteiger partial charge in [0.25, 0.3) is 0 Å². The normalized spacial score (nSPS) is 14.0. The zero-order valence-corrected chi connectivity index (χ0v) is 40.4. The van der Waals surface area contributed by atoms with Crippen molar-refractivity contribution in [2.24, 2.45) is 42.3 Å². The van der Waals surface area contributed by atoms with E-state index in [4.69, 9.17) is 14.2 Å². The first-order valence-electron chi connectivity index (χ1n) is 21.7. The Morgan fingerprint density at radius 3 is 0.694 bits per heavy atom. The van der Waals surface area contributed by atoms with Crippen LogP contribution in [0.5, 0.6) is 0 Å². The maximum Gasteiger partial charge on any atom is 0.336 e. The molecule has 72 heavy (non-hydrogen) atoms. The molecule has 6 atom stereocenters. The molecule has 33 heteroatoms. The molecular weight excluding hydrogens is 972 g/mol. The number of rotatable bonds is 21. The zero-order valence-electron chi connectivity index (χ0n) is 40.4. The van der Waals surface area contributed by atoms with E-state index in [1.165, 1.54) is 20.8 Å². The van der Waals surface area contributed by atoms with Crippen LogP contribution in [0.25, 0.3) is 0 Å². The highest BCUT2D eigenvalue weighted by atomic mass is 16.6. The molecule has 0 saturated heterocycles. The van der Waals surface area contributed by atoms with Gasteiger partial charge in [-0.3, -0.25) is 0 Å². The summed E-state index contributed by atoms with van der Waals surface area (Å²) in [5.41, 5.74) is -14.7. The van der Waals surface area contributed by atoms with Crippen LogP contribution < -0.4 is 68.3 Å². The summed E-state index contributed by atoms with van der Waals surface area (Å²) in [4.78, 5) is 195. The molecule has 0 bridgehead atoms. The lowest BCUT2D eigenvalue weighted by Gasteiger charge is -2.21. The van der Waals surface area contributed by atoms with E-state index in [0.717, 1.165) is 42.3 Å². The number of ether oxygens (including phenoxy) is 3. The maximum atomic E-state index is 13.8. The Bertz CT molecular complexity index is 3020. The molecule has 0 spiro atoms. The minimum absolute atomic E-state index is 0.200. The zero-order chi connectivity index (χ0) is 54.5. The molecule has 0 fully saturated rings. The largest absolute Gasteiger partial charge is 0.461 e. The molecule has 0 aliphatic carbocycles. The van der Waals surface area contributed by atoms with Crippen LogP contribution in [0.4, 0.5) is 0 Å². The predicted octanol–water partition coefficient (Wildman–Crippen LogP) is -9.48. The molecule has 33 nitrogen and oxygen atoms in total. The Kier molecular flexibility index (Phi) is 17.9. The minimum atomic E-state index is -2.01.